The molecule has 0 saturated carbocycles. The number of rotatable bonds is 3. The van der Waals surface area contributed by atoms with E-state index >= 15 is 4.39 Å². The summed E-state index contributed by atoms with van der Waals surface area (Å²) in [5.74, 6) is 0.0613. The molecule has 4 heterocycles. The molecule has 0 atom stereocenters. The van der Waals surface area contributed by atoms with Crippen molar-refractivity contribution in [2.45, 2.75) is 39.0 Å². The minimum Gasteiger partial charge on any atom is -0.306 e. The summed E-state index contributed by atoms with van der Waals surface area (Å²) in [6.45, 7) is 6.10. The predicted octanol–water partition coefficient (Wildman–Crippen LogP) is 4.16. The molecular weight excluding hydrogens is 379 g/mol. The third-order valence-corrected chi connectivity index (χ3v) is 6.11. The normalized spacial score (nSPS) is 16.0. The lowest BCUT2D eigenvalue weighted by molar-refractivity contribution is 0.253. The van der Waals surface area contributed by atoms with E-state index in [0.717, 1.165) is 55.0 Å². The van der Waals surface area contributed by atoms with Crippen LogP contribution in [0.5, 0.6) is 0 Å². The van der Waals surface area contributed by atoms with Gasteiger partial charge in [-0.1, -0.05) is 6.92 Å². The molecule has 1 aliphatic rings. The van der Waals surface area contributed by atoms with E-state index < -0.39 is 0 Å². The van der Waals surface area contributed by atoms with Crippen LogP contribution in [0, 0.1) is 12.7 Å². The van der Waals surface area contributed by atoms with E-state index in [9.17, 15) is 0 Å². The number of hydrogen-bond acceptors (Lipinski definition) is 5. The van der Waals surface area contributed by atoms with Crippen molar-refractivity contribution in [3.05, 3.63) is 53.2 Å². The molecule has 0 N–H and O–H groups in total. The first kappa shape index (κ1) is 19.1. The highest BCUT2D eigenvalue weighted by Gasteiger charge is 2.21. The SMILES string of the molecule is CCc1cc(-c2cc(F)c3cc(C4CCN(C)CC4)nnc3c2)nn2cc(C)nc12. The zero-order chi connectivity index (χ0) is 20.8. The maximum atomic E-state index is 15.1. The molecule has 0 aliphatic carbocycles. The largest absolute Gasteiger partial charge is 0.306 e. The Morgan fingerprint density at radius 2 is 1.90 bits per heavy atom. The van der Waals surface area contributed by atoms with E-state index in [2.05, 4.69) is 39.2 Å². The molecule has 1 fully saturated rings. The number of aryl methyl sites for hydroxylation is 2. The average molecular weight is 404 g/mol. The quantitative estimate of drug-likeness (QED) is 0.513. The molecular formula is C23H25FN6. The second kappa shape index (κ2) is 7.40. The molecule has 6 nitrogen and oxygen atoms in total. The lowest BCUT2D eigenvalue weighted by Gasteiger charge is -2.28. The summed E-state index contributed by atoms with van der Waals surface area (Å²) in [6, 6.07) is 7.30. The van der Waals surface area contributed by atoms with E-state index in [0.29, 0.717) is 28.1 Å². The standard InChI is InChI=1S/C23H25FN6/c1-4-15-10-21(28-30-13-14(2)25-23(15)30)17-9-19(24)18-12-20(26-27-22(18)11-17)16-5-7-29(3)8-6-16/h9-13,16H,4-8H2,1-3H3. The van der Waals surface area contributed by atoms with Crippen LogP contribution in [0.1, 0.15) is 42.6 Å². The van der Waals surface area contributed by atoms with E-state index in [1.54, 1.807) is 10.6 Å². The smallest absolute Gasteiger partial charge is 0.156 e. The summed E-state index contributed by atoms with van der Waals surface area (Å²) in [5, 5.41) is 14.0. The Hall–Kier alpha value is -2.93. The van der Waals surface area contributed by atoms with Crippen molar-refractivity contribution in [3.8, 4) is 11.3 Å². The lowest BCUT2D eigenvalue weighted by Crippen LogP contribution is -2.29. The van der Waals surface area contributed by atoms with Crippen LogP contribution in [0.2, 0.25) is 0 Å². The number of halogens is 1. The number of benzene rings is 1. The van der Waals surface area contributed by atoms with E-state index in [-0.39, 0.29) is 5.82 Å². The second-order valence-corrected chi connectivity index (χ2v) is 8.30. The van der Waals surface area contributed by atoms with Gasteiger partial charge in [-0.05, 0) is 76.2 Å². The molecule has 4 aromatic rings. The van der Waals surface area contributed by atoms with Gasteiger partial charge in [0.05, 0.1) is 28.8 Å². The fraction of sp³-hybridized carbons (Fsp3) is 0.391. The summed E-state index contributed by atoms with van der Waals surface area (Å²) in [7, 11) is 2.13. The molecule has 30 heavy (non-hydrogen) atoms. The van der Waals surface area contributed by atoms with Crippen molar-refractivity contribution in [1.82, 2.24) is 29.7 Å². The molecule has 1 saturated heterocycles. The van der Waals surface area contributed by atoms with Crippen LogP contribution in [0.3, 0.4) is 0 Å². The van der Waals surface area contributed by atoms with Crippen molar-refractivity contribution >= 4 is 16.6 Å². The third kappa shape index (κ3) is 3.33. The first-order valence-corrected chi connectivity index (χ1v) is 10.5. The Kier molecular flexibility index (Phi) is 4.70. The van der Waals surface area contributed by atoms with Gasteiger partial charge in [0.2, 0.25) is 0 Å². The molecule has 0 amide bonds. The van der Waals surface area contributed by atoms with Crippen molar-refractivity contribution < 1.29 is 4.39 Å². The first-order chi connectivity index (χ1) is 14.5. The van der Waals surface area contributed by atoms with Crippen molar-refractivity contribution in [2.24, 2.45) is 0 Å². The highest BCUT2D eigenvalue weighted by Crippen LogP contribution is 2.30. The van der Waals surface area contributed by atoms with E-state index in [4.69, 9.17) is 0 Å². The molecule has 7 heteroatoms. The summed E-state index contributed by atoms with van der Waals surface area (Å²) < 4.78 is 16.9. The molecule has 0 spiro atoms. The Balaban J connectivity index is 1.56. The van der Waals surface area contributed by atoms with Gasteiger partial charge in [-0.3, -0.25) is 0 Å². The van der Waals surface area contributed by atoms with E-state index in [1.165, 1.54) is 0 Å². The van der Waals surface area contributed by atoms with Crippen LogP contribution in [0.4, 0.5) is 4.39 Å². The van der Waals surface area contributed by atoms with Crippen LogP contribution in [-0.2, 0) is 6.42 Å². The Labute approximate surface area is 174 Å². The average Bonchev–Trinajstić information content (AvgIpc) is 3.13. The number of aromatic nitrogens is 5. The number of fused-ring (bicyclic) bond motifs is 2. The summed E-state index contributed by atoms with van der Waals surface area (Å²) in [6.07, 6.45) is 4.78. The lowest BCUT2D eigenvalue weighted by atomic mass is 9.93. The van der Waals surface area contributed by atoms with Crippen molar-refractivity contribution in [3.63, 3.8) is 0 Å². The van der Waals surface area contributed by atoms with Crippen LogP contribution >= 0.6 is 0 Å². The van der Waals surface area contributed by atoms with Crippen molar-refractivity contribution in [2.75, 3.05) is 20.1 Å². The molecule has 3 aromatic heterocycles. The zero-order valence-electron chi connectivity index (χ0n) is 17.6. The first-order valence-electron chi connectivity index (χ1n) is 10.5. The van der Waals surface area contributed by atoms with Crippen LogP contribution in [0.15, 0.2) is 30.5 Å². The van der Waals surface area contributed by atoms with Gasteiger partial charge in [0, 0.05) is 16.9 Å². The fourth-order valence-electron chi connectivity index (χ4n) is 4.33. The van der Waals surface area contributed by atoms with Gasteiger partial charge in [-0.25, -0.2) is 13.9 Å². The monoisotopic (exact) mass is 404 g/mol. The minimum absolute atomic E-state index is 0.284. The molecule has 0 radical (unpaired) electrons. The van der Waals surface area contributed by atoms with Gasteiger partial charge in [-0.2, -0.15) is 15.3 Å². The van der Waals surface area contributed by atoms with Crippen molar-refractivity contribution in [1.29, 1.82) is 0 Å². The fourth-order valence-corrected chi connectivity index (χ4v) is 4.33. The molecule has 0 bridgehead atoms. The Bertz CT molecular complexity index is 1240. The number of imidazole rings is 1. The minimum atomic E-state index is -0.284. The molecule has 1 aliphatic heterocycles. The molecule has 0 unspecified atom stereocenters. The maximum Gasteiger partial charge on any atom is 0.156 e. The number of likely N-dealkylation sites (tertiary alicyclic amines) is 1. The summed E-state index contributed by atoms with van der Waals surface area (Å²) in [5.41, 5.74) is 5.70. The highest BCUT2D eigenvalue weighted by molar-refractivity contribution is 5.84. The summed E-state index contributed by atoms with van der Waals surface area (Å²) >= 11 is 0. The van der Waals surface area contributed by atoms with Gasteiger partial charge in [0.1, 0.15) is 5.82 Å². The molecule has 154 valence electrons. The van der Waals surface area contributed by atoms with Gasteiger partial charge in [0.25, 0.3) is 0 Å². The maximum absolute atomic E-state index is 15.1. The van der Waals surface area contributed by atoms with Gasteiger partial charge in [-0.15, -0.1) is 0 Å². The Morgan fingerprint density at radius 1 is 1.10 bits per heavy atom. The molecule has 1 aromatic carbocycles. The van der Waals surface area contributed by atoms with Gasteiger partial charge >= 0.3 is 0 Å². The summed E-state index contributed by atoms with van der Waals surface area (Å²) in [4.78, 5) is 6.86. The van der Waals surface area contributed by atoms with Gasteiger partial charge < -0.3 is 4.90 Å². The predicted molar refractivity (Wildman–Crippen MR) is 115 cm³/mol. The zero-order valence-corrected chi connectivity index (χ0v) is 17.6. The van der Waals surface area contributed by atoms with Crippen LogP contribution in [0.25, 0.3) is 27.8 Å². The van der Waals surface area contributed by atoms with Crippen LogP contribution < -0.4 is 0 Å². The second-order valence-electron chi connectivity index (χ2n) is 8.30. The number of nitrogens with zero attached hydrogens (tertiary/aromatic N) is 6. The number of hydrogen-bond donors (Lipinski definition) is 0. The van der Waals surface area contributed by atoms with Crippen LogP contribution in [-0.4, -0.2) is 49.8 Å². The third-order valence-electron chi connectivity index (χ3n) is 6.11. The Morgan fingerprint density at radius 3 is 2.67 bits per heavy atom. The highest BCUT2D eigenvalue weighted by atomic mass is 19.1. The molecule has 5 rings (SSSR count). The van der Waals surface area contributed by atoms with Gasteiger partial charge in [0.15, 0.2) is 5.65 Å². The number of piperidine rings is 1. The van der Waals surface area contributed by atoms with E-state index in [1.807, 2.05) is 31.3 Å². The topological polar surface area (TPSA) is 59.2 Å².